The van der Waals surface area contributed by atoms with Crippen molar-refractivity contribution in [1.82, 2.24) is 0 Å². The zero-order valence-electron chi connectivity index (χ0n) is 51.7. The molecule has 0 saturated heterocycles. The largest absolute Gasteiger partial charge is 0.472 e. The number of carbonyl (C=O) groups is 2. The van der Waals surface area contributed by atoms with Crippen molar-refractivity contribution in [3.8, 4) is 0 Å². The number of esters is 2. The maximum atomic E-state index is 12.7. The summed E-state index contributed by atoms with van der Waals surface area (Å²) in [6.45, 7) is 3.49. The zero-order chi connectivity index (χ0) is 58.7. The highest BCUT2D eigenvalue weighted by Crippen LogP contribution is 2.43. The first-order valence-corrected chi connectivity index (χ1v) is 34.2. The van der Waals surface area contributed by atoms with Crippen molar-refractivity contribution in [2.45, 2.75) is 277 Å². The van der Waals surface area contributed by atoms with E-state index in [1.54, 1.807) is 0 Å². The molecule has 10 heteroatoms. The van der Waals surface area contributed by atoms with Crippen LogP contribution in [0.2, 0.25) is 0 Å². The van der Waals surface area contributed by atoms with Gasteiger partial charge in [0.1, 0.15) is 6.61 Å². The third-order valence-electron chi connectivity index (χ3n) is 13.5. The normalized spacial score (nSPS) is 13.9. The summed E-state index contributed by atoms with van der Waals surface area (Å²) >= 11 is 0. The number of rotatable bonds is 60. The summed E-state index contributed by atoms with van der Waals surface area (Å²) in [6, 6.07) is 0. The van der Waals surface area contributed by atoms with E-state index in [0.29, 0.717) is 6.42 Å². The van der Waals surface area contributed by atoms with Gasteiger partial charge in [0.15, 0.2) is 6.10 Å². The van der Waals surface area contributed by atoms with Crippen LogP contribution in [-0.2, 0) is 32.7 Å². The minimum atomic E-state index is -4.41. The molecule has 0 aliphatic carbocycles. The Morgan fingerprint density at radius 1 is 0.370 bits per heavy atom. The van der Waals surface area contributed by atoms with Crippen LogP contribution in [0.3, 0.4) is 0 Å². The molecule has 0 aromatic carbocycles. The first kappa shape index (κ1) is 77.2. The lowest BCUT2D eigenvalue weighted by Crippen LogP contribution is -2.29. The molecule has 2 unspecified atom stereocenters. The summed E-state index contributed by atoms with van der Waals surface area (Å²) in [7, 11) is -4.41. The van der Waals surface area contributed by atoms with Crippen molar-refractivity contribution in [3.63, 3.8) is 0 Å². The number of nitrogens with two attached hydrogens (primary N) is 1. The van der Waals surface area contributed by atoms with Gasteiger partial charge >= 0.3 is 19.8 Å². The highest BCUT2D eigenvalue weighted by Gasteiger charge is 2.26. The van der Waals surface area contributed by atoms with E-state index in [0.717, 1.165) is 109 Å². The average Bonchev–Trinajstić information content (AvgIpc) is 3.46. The van der Waals surface area contributed by atoms with E-state index in [1.165, 1.54) is 128 Å². The second-order valence-corrected chi connectivity index (χ2v) is 22.7. The van der Waals surface area contributed by atoms with Gasteiger partial charge in [-0.05, 0) is 109 Å². The standard InChI is InChI=1S/C71H120NO8P/c1-3-5-7-9-11-13-15-17-19-21-23-25-27-29-30-31-32-33-34-35-36-37-38-40-41-43-45-47-49-51-53-55-57-59-61-63-70(73)77-67-69(68-79-81(75,76)78-66-65-72)80-71(74)64-62-60-58-56-54-52-50-48-46-44-42-39-28-26-24-22-20-18-16-14-12-10-8-6-4-2/h5-8,11-14,17-20,23-26,39,42,46,48,52,54,69H,3-4,9-10,15-16,21-22,27-38,40-41,43-45,47,49-51,53,55-68,72H2,1-2H3,(H,75,76)/b7-5-,8-6-,13-11-,14-12-,19-17-,20-18-,25-23-,26-24-,42-39-,48-46-,54-52-. The fourth-order valence-corrected chi connectivity index (χ4v) is 9.55. The topological polar surface area (TPSA) is 134 Å². The van der Waals surface area contributed by atoms with E-state index in [1.807, 2.05) is 0 Å². The fourth-order valence-electron chi connectivity index (χ4n) is 8.79. The Labute approximate surface area is 497 Å². The molecule has 0 amide bonds. The lowest BCUT2D eigenvalue weighted by Gasteiger charge is -2.19. The summed E-state index contributed by atoms with van der Waals surface area (Å²) < 4.78 is 33.1. The maximum Gasteiger partial charge on any atom is 0.472 e. The summed E-state index contributed by atoms with van der Waals surface area (Å²) in [5, 5.41) is 0. The molecule has 462 valence electrons. The molecule has 0 spiro atoms. The van der Waals surface area contributed by atoms with Crippen LogP contribution < -0.4 is 5.73 Å². The molecule has 9 nitrogen and oxygen atoms in total. The predicted molar refractivity (Wildman–Crippen MR) is 348 cm³/mol. The highest BCUT2D eigenvalue weighted by atomic mass is 31.2. The van der Waals surface area contributed by atoms with E-state index in [-0.39, 0.29) is 32.6 Å². The monoisotopic (exact) mass is 1150 g/mol. The molecule has 0 bridgehead atoms. The van der Waals surface area contributed by atoms with E-state index < -0.39 is 32.5 Å². The summed E-state index contributed by atoms with van der Waals surface area (Å²) in [6.07, 6.45) is 92.5. The van der Waals surface area contributed by atoms with Gasteiger partial charge in [0, 0.05) is 19.4 Å². The molecule has 81 heavy (non-hydrogen) atoms. The van der Waals surface area contributed by atoms with Crippen molar-refractivity contribution in [3.05, 3.63) is 134 Å². The highest BCUT2D eigenvalue weighted by molar-refractivity contribution is 7.47. The first-order chi connectivity index (χ1) is 39.8. The van der Waals surface area contributed by atoms with Crippen LogP contribution in [0.25, 0.3) is 0 Å². The van der Waals surface area contributed by atoms with Crippen molar-refractivity contribution < 1.29 is 37.6 Å². The number of ether oxygens (including phenoxy) is 2. The number of hydrogen-bond acceptors (Lipinski definition) is 8. The third kappa shape index (κ3) is 65.2. The Bertz CT molecular complexity index is 1790. The average molecular weight is 1150 g/mol. The number of hydrogen-bond donors (Lipinski definition) is 2. The minimum absolute atomic E-state index is 0.0421. The fraction of sp³-hybridized carbons (Fsp3) is 0.662. The molecule has 0 fully saturated rings. The Hall–Kier alpha value is -3.85. The number of carbonyl (C=O) groups excluding carboxylic acids is 2. The molecule has 0 rings (SSSR count). The van der Waals surface area contributed by atoms with Crippen LogP contribution in [0.15, 0.2) is 134 Å². The summed E-state index contributed by atoms with van der Waals surface area (Å²) in [5.41, 5.74) is 5.39. The second kappa shape index (κ2) is 65.3. The Balaban J connectivity index is 3.94. The molecule has 0 aromatic heterocycles. The van der Waals surface area contributed by atoms with Crippen LogP contribution in [-0.4, -0.2) is 49.3 Å². The molecule has 0 aliphatic heterocycles. The van der Waals surface area contributed by atoms with Crippen LogP contribution in [0.5, 0.6) is 0 Å². The van der Waals surface area contributed by atoms with Gasteiger partial charge in [0.2, 0.25) is 0 Å². The van der Waals surface area contributed by atoms with Gasteiger partial charge in [-0.1, -0.05) is 282 Å². The molecule has 0 heterocycles. The molecular formula is C71H120NO8P. The van der Waals surface area contributed by atoms with Gasteiger partial charge in [-0.2, -0.15) is 0 Å². The van der Waals surface area contributed by atoms with Crippen LogP contribution in [0.1, 0.15) is 271 Å². The van der Waals surface area contributed by atoms with Crippen LogP contribution in [0, 0.1) is 0 Å². The maximum absolute atomic E-state index is 12.7. The number of unbranched alkanes of at least 4 members (excludes halogenated alkanes) is 25. The molecule has 0 saturated carbocycles. The minimum Gasteiger partial charge on any atom is -0.462 e. The van der Waals surface area contributed by atoms with Crippen molar-refractivity contribution in [2.24, 2.45) is 5.73 Å². The molecule has 0 aliphatic rings. The van der Waals surface area contributed by atoms with E-state index in [9.17, 15) is 19.0 Å². The lowest BCUT2D eigenvalue weighted by molar-refractivity contribution is -0.161. The van der Waals surface area contributed by atoms with E-state index >= 15 is 0 Å². The Morgan fingerprint density at radius 2 is 0.642 bits per heavy atom. The SMILES string of the molecule is CC/C=C\C/C=C\C/C=C\C/C=C\C/C=C\C/C=C\C/C=C\CCCCCC(=O)OC(COC(=O)CCCCCCCCCCCCCCCCCCCCCCCC/C=C\C/C=C\C/C=C\C/C=C\CC)COP(=O)(O)OCCN. The number of allylic oxidation sites excluding steroid dienone is 22. The van der Waals surface area contributed by atoms with Gasteiger partial charge in [0.25, 0.3) is 0 Å². The van der Waals surface area contributed by atoms with Gasteiger partial charge < -0.3 is 20.1 Å². The third-order valence-corrected chi connectivity index (χ3v) is 14.5. The van der Waals surface area contributed by atoms with Gasteiger partial charge in [-0.25, -0.2) is 4.57 Å². The zero-order valence-corrected chi connectivity index (χ0v) is 52.6. The molecular weight excluding hydrogens is 1030 g/mol. The van der Waals surface area contributed by atoms with Crippen LogP contribution >= 0.6 is 7.82 Å². The lowest BCUT2D eigenvalue weighted by atomic mass is 10.0. The molecule has 0 aromatic rings. The van der Waals surface area contributed by atoms with E-state index in [2.05, 4.69) is 148 Å². The second-order valence-electron chi connectivity index (χ2n) is 21.2. The van der Waals surface area contributed by atoms with Gasteiger partial charge in [-0.3, -0.25) is 18.6 Å². The molecule has 0 radical (unpaired) electrons. The first-order valence-electron chi connectivity index (χ1n) is 32.7. The number of phosphoric ester groups is 1. The van der Waals surface area contributed by atoms with Crippen LogP contribution in [0.4, 0.5) is 0 Å². The molecule has 2 atom stereocenters. The van der Waals surface area contributed by atoms with Gasteiger partial charge in [0.05, 0.1) is 13.2 Å². The van der Waals surface area contributed by atoms with Crippen molar-refractivity contribution in [1.29, 1.82) is 0 Å². The van der Waals surface area contributed by atoms with Gasteiger partial charge in [-0.15, -0.1) is 0 Å². The quantitative estimate of drug-likeness (QED) is 0.0264. The summed E-state index contributed by atoms with van der Waals surface area (Å²) in [4.78, 5) is 35.3. The Kier molecular flexibility index (Phi) is 62.2. The predicted octanol–water partition coefficient (Wildman–Crippen LogP) is 21.3. The van der Waals surface area contributed by atoms with Crippen molar-refractivity contribution in [2.75, 3.05) is 26.4 Å². The summed E-state index contributed by atoms with van der Waals surface area (Å²) in [5.74, 6) is -0.866. The smallest absolute Gasteiger partial charge is 0.462 e. The Morgan fingerprint density at radius 3 is 0.963 bits per heavy atom. The number of phosphoric acid groups is 1. The van der Waals surface area contributed by atoms with Crippen molar-refractivity contribution >= 4 is 19.8 Å². The van der Waals surface area contributed by atoms with E-state index in [4.69, 9.17) is 24.3 Å². The molecule has 3 N–H and O–H groups in total.